The number of rotatable bonds is 7. The third-order valence-corrected chi connectivity index (χ3v) is 4.87. The molecule has 1 aliphatic rings. The number of ether oxygens (including phenoxy) is 2. The molecular formula is C21H23N3O5. The van der Waals surface area contributed by atoms with Gasteiger partial charge in [-0.25, -0.2) is 4.79 Å². The molecule has 0 aromatic heterocycles. The molecule has 2 N–H and O–H groups in total. The Kier molecular flexibility index (Phi) is 5.72. The van der Waals surface area contributed by atoms with E-state index in [-0.39, 0.29) is 6.54 Å². The average molecular weight is 397 g/mol. The molecule has 0 aliphatic carbocycles. The third kappa shape index (κ3) is 4.01. The van der Waals surface area contributed by atoms with Gasteiger partial charge in [0.05, 0.1) is 14.2 Å². The van der Waals surface area contributed by atoms with Gasteiger partial charge in [-0.3, -0.25) is 14.5 Å². The standard InChI is InChI=1S/C21H23N3O5/c1-21(15-9-10-16(28-2)17(11-15)29-3)19(26)24(20(27)23-21)13-18(25)22-12-14-7-5-4-6-8-14/h4-11H,12-13H2,1-3H3,(H,22,25)(H,23,27)/t21-/m1/s1. The lowest BCUT2D eigenvalue weighted by Crippen LogP contribution is -2.43. The summed E-state index contributed by atoms with van der Waals surface area (Å²) < 4.78 is 10.5. The van der Waals surface area contributed by atoms with Crippen LogP contribution in [0.3, 0.4) is 0 Å². The predicted molar refractivity (Wildman–Crippen MR) is 105 cm³/mol. The number of amides is 4. The van der Waals surface area contributed by atoms with Crippen LogP contribution in [0.15, 0.2) is 48.5 Å². The molecule has 2 aromatic rings. The lowest BCUT2D eigenvalue weighted by atomic mass is 9.91. The number of nitrogens with one attached hydrogen (secondary N) is 2. The lowest BCUT2D eigenvalue weighted by Gasteiger charge is -2.23. The van der Waals surface area contributed by atoms with Crippen molar-refractivity contribution in [2.45, 2.75) is 19.0 Å². The molecule has 152 valence electrons. The number of urea groups is 1. The van der Waals surface area contributed by atoms with Crippen molar-refractivity contribution >= 4 is 17.8 Å². The maximum atomic E-state index is 13.0. The first kappa shape index (κ1) is 20.2. The van der Waals surface area contributed by atoms with Crippen molar-refractivity contribution in [1.82, 2.24) is 15.5 Å². The predicted octanol–water partition coefficient (Wildman–Crippen LogP) is 1.79. The topological polar surface area (TPSA) is 97.0 Å². The molecule has 0 radical (unpaired) electrons. The summed E-state index contributed by atoms with van der Waals surface area (Å²) in [6, 6.07) is 13.7. The van der Waals surface area contributed by atoms with Gasteiger partial charge in [-0.2, -0.15) is 0 Å². The van der Waals surface area contributed by atoms with Gasteiger partial charge in [0, 0.05) is 6.54 Å². The summed E-state index contributed by atoms with van der Waals surface area (Å²) in [4.78, 5) is 38.6. The van der Waals surface area contributed by atoms with E-state index in [1.807, 2.05) is 30.3 Å². The van der Waals surface area contributed by atoms with Crippen molar-refractivity contribution in [2.24, 2.45) is 0 Å². The van der Waals surface area contributed by atoms with Gasteiger partial charge in [-0.1, -0.05) is 36.4 Å². The Balaban J connectivity index is 1.72. The summed E-state index contributed by atoms with van der Waals surface area (Å²) in [5.74, 6) is 0.0135. The lowest BCUT2D eigenvalue weighted by molar-refractivity contribution is -0.134. The van der Waals surface area contributed by atoms with Crippen LogP contribution in [-0.4, -0.2) is 43.5 Å². The van der Waals surface area contributed by atoms with E-state index >= 15 is 0 Å². The Labute approximate surface area is 168 Å². The average Bonchev–Trinajstić information content (AvgIpc) is 2.96. The van der Waals surface area contributed by atoms with E-state index in [4.69, 9.17) is 9.47 Å². The first-order chi connectivity index (χ1) is 13.9. The van der Waals surface area contributed by atoms with E-state index in [1.165, 1.54) is 14.2 Å². The van der Waals surface area contributed by atoms with Gasteiger partial charge in [-0.15, -0.1) is 0 Å². The van der Waals surface area contributed by atoms with Crippen LogP contribution >= 0.6 is 0 Å². The number of hydrogen-bond donors (Lipinski definition) is 2. The number of benzene rings is 2. The van der Waals surface area contributed by atoms with Crippen molar-refractivity contribution in [1.29, 1.82) is 0 Å². The minimum absolute atomic E-state index is 0.316. The molecule has 0 saturated carbocycles. The monoisotopic (exact) mass is 397 g/mol. The summed E-state index contributed by atoms with van der Waals surface area (Å²) >= 11 is 0. The maximum absolute atomic E-state index is 13.0. The Bertz CT molecular complexity index is 931. The highest BCUT2D eigenvalue weighted by atomic mass is 16.5. The smallest absolute Gasteiger partial charge is 0.325 e. The van der Waals surface area contributed by atoms with Crippen molar-refractivity contribution in [3.05, 3.63) is 59.7 Å². The van der Waals surface area contributed by atoms with Crippen LogP contribution < -0.4 is 20.1 Å². The molecule has 1 saturated heterocycles. The first-order valence-corrected chi connectivity index (χ1v) is 9.06. The van der Waals surface area contributed by atoms with Crippen molar-refractivity contribution in [3.63, 3.8) is 0 Å². The molecule has 2 aromatic carbocycles. The molecule has 0 bridgehead atoms. The molecule has 1 aliphatic heterocycles. The van der Waals surface area contributed by atoms with Crippen LogP contribution in [0.1, 0.15) is 18.1 Å². The fourth-order valence-corrected chi connectivity index (χ4v) is 3.18. The molecular weight excluding hydrogens is 374 g/mol. The van der Waals surface area contributed by atoms with Gasteiger partial charge in [0.15, 0.2) is 11.5 Å². The summed E-state index contributed by atoms with van der Waals surface area (Å²) in [5, 5.41) is 5.39. The highest BCUT2D eigenvalue weighted by molar-refractivity contribution is 6.09. The second-order valence-electron chi connectivity index (χ2n) is 6.78. The number of methoxy groups -OCH3 is 2. The maximum Gasteiger partial charge on any atom is 0.325 e. The zero-order valence-corrected chi connectivity index (χ0v) is 16.5. The van der Waals surface area contributed by atoms with Gasteiger partial charge in [-0.05, 0) is 30.2 Å². The third-order valence-electron chi connectivity index (χ3n) is 4.87. The van der Waals surface area contributed by atoms with Gasteiger partial charge in [0.2, 0.25) is 5.91 Å². The Morgan fingerprint density at radius 1 is 1.07 bits per heavy atom. The molecule has 1 fully saturated rings. The molecule has 29 heavy (non-hydrogen) atoms. The summed E-state index contributed by atoms with van der Waals surface area (Å²) in [6.07, 6.45) is 0. The second kappa shape index (κ2) is 8.22. The molecule has 1 heterocycles. The van der Waals surface area contributed by atoms with E-state index in [9.17, 15) is 14.4 Å². The minimum Gasteiger partial charge on any atom is -0.493 e. The second-order valence-corrected chi connectivity index (χ2v) is 6.78. The molecule has 1 atom stereocenters. The van der Waals surface area contributed by atoms with Gasteiger partial charge in [0.25, 0.3) is 5.91 Å². The molecule has 0 unspecified atom stereocenters. The van der Waals surface area contributed by atoms with E-state index < -0.39 is 23.4 Å². The zero-order valence-electron chi connectivity index (χ0n) is 16.5. The number of nitrogens with zero attached hydrogens (tertiary/aromatic N) is 1. The summed E-state index contributed by atoms with van der Waals surface area (Å²) in [6.45, 7) is 1.55. The van der Waals surface area contributed by atoms with Gasteiger partial charge >= 0.3 is 6.03 Å². The molecule has 4 amide bonds. The molecule has 8 heteroatoms. The minimum atomic E-state index is -1.31. The van der Waals surface area contributed by atoms with Crippen LogP contribution in [0, 0.1) is 0 Å². The largest absolute Gasteiger partial charge is 0.493 e. The molecule has 3 rings (SSSR count). The quantitative estimate of drug-likeness (QED) is 0.695. The van der Waals surface area contributed by atoms with E-state index in [0.29, 0.717) is 23.6 Å². The Morgan fingerprint density at radius 3 is 2.41 bits per heavy atom. The number of hydrogen-bond acceptors (Lipinski definition) is 5. The van der Waals surface area contributed by atoms with Crippen LogP contribution in [-0.2, 0) is 21.7 Å². The zero-order chi connectivity index (χ0) is 21.0. The summed E-state index contributed by atoms with van der Waals surface area (Å²) in [7, 11) is 3.00. The molecule has 8 nitrogen and oxygen atoms in total. The highest BCUT2D eigenvalue weighted by Crippen LogP contribution is 2.35. The first-order valence-electron chi connectivity index (χ1n) is 9.06. The van der Waals surface area contributed by atoms with E-state index in [0.717, 1.165) is 10.5 Å². The van der Waals surface area contributed by atoms with Crippen LogP contribution in [0.25, 0.3) is 0 Å². The van der Waals surface area contributed by atoms with Crippen LogP contribution in [0.4, 0.5) is 4.79 Å². The van der Waals surface area contributed by atoms with Gasteiger partial charge < -0.3 is 20.1 Å². The Morgan fingerprint density at radius 2 is 1.76 bits per heavy atom. The van der Waals surface area contributed by atoms with E-state index in [2.05, 4.69) is 10.6 Å². The fraction of sp³-hybridized carbons (Fsp3) is 0.286. The van der Waals surface area contributed by atoms with Crippen molar-refractivity contribution in [3.8, 4) is 11.5 Å². The SMILES string of the molecule is COc1ccc([C@@]2(C)NC(=O)N(CC(=O)NCc3ccccc3)C2=O)cc1OC. The number of carbonyl (C=O) groups excluding carboxylic acids is 3. The normalized spacial score (nSPS) is 18.4. The number of imide groups is 1. The molecule has 0 spiro atoms. The Hall–Kier alpha value is -3.55. The number of carbonyl (C=O) groups is 3. The van der Waals surface area contributed by atoms with Crippen LogP contribution in [0.2, 0.25) is 0 Å². The summed E-state index contributed by atoms with van der Waals surface area (Å²) in [5.41, 5.74) is 0.144. The fourth-order valence-electron chi connectivity index (χ4n) is 3.18. The van der Waals surface area contributed by atoms with Crippen molar-refractivity contribution < 1.29 is 23.9 Å². The van der Waals surface area contributed by atoms with Crippen molar-refractivity contribution in [2.75, 3.05) is 20.8 Å². The van der Waals surface area contributed by atoms with Crippen LogP contribution in [0.5, 0.6) is 11.5 Å². The highest BCUT2D eigenvalue weighted by Gasteiger charge is 2.49. The van der Waals surface area contributed by atoms with E-state index in [1.54, 1.807) is 25.1 Å². The van der Waals surface area contributed by atoms with Gasteiger partial charge in [0.1, 0.15) is 12.1 Å².